The first-order valence-electron chi connectivity index (χ1n) is 5.19. The molecule has 8 heteroatoms. The van der Waals surface area contributed by atoms with Crippen molar-refractivity contribution >= 4 is 39.4 Å². The number of hydrogen-bond acceptors (Lipinski definition) is 4. The van der Waals surface area contributed by atoms with Gasteiger partial charge in [0.1, 0.15) is 0 Å². The number of rotatable bonds is 5. The second-order valence-corrected chi connectivity index (χ2v) is 4.68. The smallest absolute Gasteiger partial charge is 0.337 e. The Morgan fingerprint density at radius 2 is 2.00 bits per heavy atom. The normalized spacial score (nSPS) is 11.7. The van der Waals surface area contributed by atoms with Crippen molar-refractivity contribution in [2.75, 3.05) is 5.32 Å². The van der Waals surface area contributed by atoms with Crippen LogP contribution in [0.25, 0.3) is 0 Å². The predicted molar refractivity (Wildman–Crippen MR) is 71.5 cm³/mol. The van der Waals surface area contributed by atoms with E-state index in [-0.39, 0.29) is 17.7 Å². The Kier molecular flexibility index (Phi) is 5.02. The Balaban J connectivity index is 2.90. The van der Waals surface area contributed by atoms with Crippen LogP contribution >= 0.6 is 15.9 Å². The van der Waals surface area contributed by atoms with Crippen LogP contribution in [0.4, 0.5) is 5.69 Å². The molecule has 1 rings (SSSR count). The van der Waals surface area contributed by atoms with E-state index in [1.165, 1.54) is 12.1 Å². The first-order valence-corrected chi connectivity index (χ1v) is 5.98. The zero-order chi connectivity index (χ0) is 14.6. The Bertz CT molecular complexity index is 533. The van der Waals surface area contributed by atoms with Crippen LogP contribution < -0.4 is 16.8 Å². The third-order valence-corrected chi connectivity index (χ3v) is 2.72. The van der Waals surface area contributed by atoms with Gasteiger partial charge in [-0.15, -0.1) is 0 Å². The number of nitrogens with one attached hydrogen (secondary N) is 1. The number of anilines is 1. The van der Waals surface area contributed by atoms with Crippen molar-refractivity contribution in [1.29, 1.82) is 0 Å². The summed E-state index contributed by atoms with van der Waals surface area (Å²) in [6.45, 7) is 0. The average Bonchev–Trinajstić information content (AvgIpc) is 2.30. The number of hydrogen-bond donors (Lipinski definition) is 4. The molecule has 1 atom stereocenters. The predicted octanol–water partition coefficient (Wildman–Crippen LogP) is 0.288. The van der Waals surface area contributed by atoms with Crippen LogP contribution in [0.1, 0.15) is 16.8 Å². The van der Waals surface area contributed by atoms with E-state index >= 15 is 0 Å². The number of carboxylic acids is 1. The maximum absolute atomic E-state index is 11.7. The number of carbonyl (C=O) groups excluding carboxylic acids is 2. The molecule has 1 unspecified atom stereocenters. The molecule has 0 fully saturated rings. The Hall–Kier alpha value is -1.93. The van der Waals surface area contributed by atoms with E-state index in [9.17, 15) is 14.4 Å². The fraction of sp³-hybridized carbons (Fsp3) is 0.182. The first-order chi connectivity index (χ1) is 8.81. The van der Waals surface area contributed by atoms with Crippen molar-refractivity contribution in [3.8, 4) is 0 Å². The lowest BCUT2D eigenvalue weighted by Gasteiger charge is -2.12. The van der Waals surface area contributed by atoms with Gasteiger partial charge in [-0.05, 0) is 18.2 Å². The van der Waals surface area contributed by atoms with Gasteiger partial charge in [0.25, 0.3) is 0 Å². The van der Waals surface area contributed by atoms with Gasteiger partial charge in [-0.1, -0.05) is 15.9 Å². The molecule has 0 aromatic heterocycles. The highest BCUT2D eigenvalue weighted by molar-refractivity contribution is 9.10. The molecule has 1 aromatic rings. The van der Waals surface area contributed by atoms with Crippen molar-refractivity contribution in [2.24, 2.45) is 11.5 Å². The highest BCUT2D eigenvalue weighted by atomic mass is 79.9. The molecule has 0 aliphatic heterocycles. The lowest BCUT2D eigenvalue weighted by atomic mass is 10.1. The van der Waals surface area contributed by atoms with Crippen LogP contribution in [0.15, 0.2) is 22.7 Å². The summed E-state index contributed by atoms with van der Waals surface area (Å²) in [7, 11) is 0. The summed E-state index contributed by atoms with van der Waals surface area (Å²) in [6.07, 6.45) is -0.315. The molecule has 1 aromatic carbocycles. The molecular formula is C11H12BrN3O4. The molecule has 0 heterocycles. The minimum Gasteiger partial charge on any atom is -0.478 e. The van der Waals surface area contributed by atoms with Gasteiger partial charge in [0.2, 0.25) is 11.8 Å². The molecule has 0 spiro atoms. The summed E-state index contributed by atoms with van der Waals surface area (Å²) in [6, 6.07) is 3.21. The van der Waals surface area contributed by atoms with Gasteiger partial charge in [-0.3, -0.25) is 9.59 Å². The Morgan fingerprint density at radius 1 is 1.37 bits per heavy atom. The minimum atomic E-state index is -1.19. The third kappa shape index (κ3) is 4.34. The Morgan fingerprint density at radius 3 is 2.53 bits per heavy atom. The molecule has 7 nitrogen and oxygen atoms in total. The van der Waals surface area contributed by atoms with Crippen molar-refractivity contribution < 1.29 is 19.5 Å². The van der Waals surface area contributed by atoms with E-state index in [2.05, 4.69) is 21.2 Å². The lowest BCUT2D eigenvalue weighted by Crippen LogP contribution is -2.39. The maximum Gasteiger partial charge on any atom is 0.337 e. The van der Waals surface area contributed by atoms with E-state index in [1.54, 1.807) is 6.07 Å². The molecule has 0 aliphatic carbocycles. The number of halogens is 1. The molecule has 0 aliphatic rings. The Labute approximate surface area is 117 Å². The number of aromatic carboxylic acids is 1. The molecule has 0 radical (unpaired) electrons. The largest absolute Gasteiger partial charge is 0.478 e. The maximum atomic E-state index is 11.7. The van der Waals surface area contributed by atoms with Gasteiger partial charge in [0, 0.05) is 4.47 Å². The van der Waals surface area contributed by atoms with Crippen LogP contribution in [-0.2, 0) is 9.59 Å². The van der Waals surface area contributed by atoms with E-state index in [0.29, 0.717) is 4.47 Å². The second kappa shape index (κ2) is 6.30. The van der Waals surface area contributed by atoms with Gasteiger partial charge in [0.05, 0.1) is 23.7 Å². The SMILES string of the molecule is NC(=O)CC(N)C(=O)Nc1ccc(Br)cc1C(=O)O. The number of benzene rings is 1. The molecule has 6 N–H and O–H groups in total. The van der Waals surface area contributed by atoms with Crippen molar-refractivity contribution in [1.82, 2.24) is 0 Å². The van der Waals surface area contributed by atoms with Crippen molar-refractivity contribution in [3.05, 3.63) is 28.2 Å². The topological polar surface area (TPSA) is 136 Å². The summed E-state index contributed by atoms with van der Waals surface area (Å²) in [5.74, 6) is -2.58. The van der Waals surface area contributed by atoms with Gasteiger partial charge in [-0.2, -0.15) is 0 Å². The summed E-state index contributed by atoms with van der Waals surface area (Å²) in [5.41, 5.74) is 10.4. The quantitative estimate of drug-likeness (QED) is 0.615. The van der Waals surface area contributed by atoms with Crippen molar-refractivity contribution in [3.63, 3.8) is 0 Å². The standard InChI is InChI=1S/C11H12BrN3O4/c12-5-1-2-8(6(3-5)11(18)19)15-10(17)7(13)4-9(14)16/h1-3,7H,4,13H2,(H2,14,16)(H,15,17)(H,18,19). The average molecular weight is 330 g/mol. The highest BCUT2D eigenvalue weighted by Crippen LogP contribution is 2.21. The second-order valence-electron chi connectivity index (χ2n) is 3.76. The first kappa shape index (κ1) is 15.1. The van der Waals surface area contributed by atoms with Crippen LogP contribution in [0.3, 0.4) is 0 Å². The number of carboxylic acid groups (broad SMARTS) is 1. The number of primary amides is 1. The van der Waals surface area contributed by atoms with E-state index < -0.39 is 23.8 Å². The zero-order valence-electron chi connectivity index (χ0n) is 9.72. The molecule has 0 saturated heterocycles. The van der Waals surface area contributed by atoms with Gasteiger partial charge in [-0.25, -0.2) is 4.79 Å². The fourth-order valence-electron chi connectivity index (χ4n) is 1.34. The van der Waals surface area contributed by atoms with Crippen LogP contribution in [0.2, 0.25) is 0 Å². The van der Waals surface area contributed by atoms with Crippen LogP contribution in [0, 0.1) is 0 Å². The molecule has 2 amide bonds. The summed E-state index contributed by atoms with van der Waals surface area (Å²) in [5, 5.41) is 11.4. The lowest BCUT2D eigenvalue weighted by molar-refractivity contribution is -0.123. The molecule has 0 bridgehead atoms. The van der Waals surface area contributed by atoms with Gasteiger partial charge >= 0.3 is 5.97 Å². The molecule has 0 saturated carbocycles. The van der Waals surface area contributed by atoms with Gasteiger partial charge in [0.15, 0.2) is 0 Å². The number of nitrogens with two attached hydrogens (primary N) is 2. The van der Waals surface area contributed by atoms with E-state index in [1.807, 2.05) is 0 Å². The fourth-order valence-corrected chi connectivity index (χ4v) is 1.70. The number of amides is 2. The van der Waals surface area contributed by atoms with Crippen LogP contribution in [0.5, 0.6) is 0 Å². The van der Waals surface area contributed by atoms with E-state index in [4.69, 9.17) is 16.6 Å². The number of carbonyl (C=O) groups is 3. The highest BCUT2D eigenvalue weighted by Gasteiger charge is 2.19. The van der Waals surface area contributed by atoms with Crippen molar-refractivity contribution in [2.45, 2.75) is 12.5 Å². The molecule has 102 valence electrons. The molecular weight excluding hydrogens is 318 g/mol. The summed E-state index contributed by atoms with van der Waals surface area (Å²) < 4.78 is 0.560. The molecule has 19 heavy (non-hydrogen) atoms. The van der Waals surface area contributed by atoms with Gasteiger partial charge < -0.3 is 21.9 Å². The van der Waals surface area contributed by atoms with Crippen LogP contribution in [-0.4, -0.2) is 28.9 Å². The zero-order valence-corrected chi connectivity index (χ0v) is 11.3. The minimum absolute atomic E-state index is 0.0889. The summed E-state index contributed by atoms with van der Waals surface area (Å²) >= 11 is 3.13. The van der Waals surface area contributed by atoms with E-state index in [0.717, 1.165) is 0 Å². The summed E-state index contributed by atoms with van der Waals surface area (Å²) in [4.78, 5) is 33.3. The third-order valence-electron chi connectivity index (χ3n) is 2.23. The monoisotopic (exact) mass is 329 g/mol.